The Kier molecular flexibility index (Phi) is 4.25. The zero-order chi connectivity index (χ0) is 24.6. The lowest BCUT2D eigenvalue weighted by atomic mass is 9.81. The largest absolute Gasteiger partial charge is 0.460 e. The van der Waals surface area contributed by atoms with Gasteiger partial charge in [-0.15, -0.1) is 0 Å². The average Bonchev–Trinajstić information content (AvgIpc) is 3.44. The molecule has 3 aliphatic rings. The number of allylic oxidation sites excluding steroid dienone is 4. The molecule has 1 unspecified atom stereocenters. The summed E-state index contributed by atoms with van der Waals surface area (Å²) in [6, 6.07) is 31.6. The van der Waals surface area contributed by atoms with E-state index in [2.05, 4.69) is 122 Å². The molecule has 5 aromatic rings. The summed E-state index contributed by atoms with van der Waals surface area (Å²) in [5, 5.41) is 5.17. The van der Waals surface area contributed by atoms with Gasteiger partial charge in [-0.1, -0.05) is 97.1 Å². The van der Waals surface area contributed by atoms with Crippen LogP contribution in [0.2, 0.25) is 0 Å². The summed E-state index contributed by atoms with van der Waals surface area (Å²) in [5.41, 5.74) is 9.00. The van der Waals surface area contributed by atoms with Crippen molar-refractivity contribution in [3.8, 4) is 28.0 Å². The smallest absolute Gasteiger partial charge is 0.131 e. The summed E-state index contributed by atoms with van der Waals surface area (Å²) in [6.45, 7) is 2.25. The van der Waals surface area contributed by atoms with Crippen LogP contribution in [0.15, 0.2) is 115 Å². The van der Waals surface area contributed by atoms with Crippen LogP contribution < -0.4 is 4.74 Å². The summed E-state index contributed by atoms with van der Waals surface area (Å²) in [5.74, 6) is 1.99. The molecule has 2 aliphatic carbocycles. The predicted octanol–water partition coefficient (Wildman–Crippen LogP) is 9.39. The standard InChI is InChI=1S/C36H26O/c1-36-20-8-15-33(36)37-32-19-18-26(22-31(32)36)35-29-13-6-4-11-27(29)34(28-12-5-7-14-30(28)35)25-17-16-23-9-2-3-10-24(23)21-25/h2,4-9,11-22H,3,10H2,1H3. The molecule has 1 heteroatoms. The van der Waals surface area contributed by atoms with Crippen molar-refractivity contribution in [2.45, 2.75) is 25.2 Å². The first kappa shape index (κ1) is 20.8. The molecule has 0 spiro atoms. The summed E-state index contributed by atoms with van der Waals surface area (Å²) >= 11 is 0. The Hall–Kier alpha value is -4.36. The summed E-state index contributed by atoms with van der Waals surface area (Å²) < 4.78 is 6.22. The van der Waals surface area contributed by atoms with Gasteiger partial charge >= 0.3 is 0 Å². The van der Waals surface area contributed by atoms with Crippen LogP contribution in [-0.2, 0) is 11.8 Å². The maximum absolute atomic E-state index is 6.22. The van der Waals surface area contributed by atoms with Crippen molar-refractivity contribution in [3.63, 3.8) is 0 Å². The molecule has 0 N–H and O–H groups in total. The fourth-order valence-electron chi connectivity index (χ4n) is 6.58. The maximum atomic E-state index is 6.22. The lowest BCUT2D eigenvalue weighted by molar-refractivity contribution is 0.413. The van der Waals surface area contributed by atoms with Crippen molar-refractivity contribution in [1.29, 1.82) is 0 Å². The van der Waals surface area contributed by atoms with Crippen LogP contribution >= 0.6 is 0 Å². The first-order valence-corrected chi connectivity index (χ1v) is 13.2. The van der Waals surface area contributed by atoms with Crippen molar-refractivity contribution in [2.75, 3.05) is 0 Å². The molecule has 0 fully saturated rings. The van der Waals surface area contributed by atoms with Crippen molar-refractivity contribution in [1.82, 2.24) is 0 Å². The number of benzene rings is 5. The zero-order valence-corrected chi connectivity index (χ0v) is 20.8. The highest BCUT2D eigenvalue weighted by Crippen LogP contribution is 2.51. The first-order valence-electron chi connectivity index (χ1n) is 13.2. The highest BCUT2D eigenvalue weighted by atomic mass is 16.5. The zero-order valence-electron chi connectivity index (χ0n) is 20.8. The van der Waals surface area contributed by atoms with E-state index in [0.29, 0.717) is 0 Å². The Morgan fingerprint density at radius 2 is 1.38 bits per heavy atom. The van der Waals surface area contributed by atoms with Crippen molar-refractivity contribution >= 4 is 27.6 Å². The monoisotopic (exact) mass is 474 g/mol. The quantitative estimate of drug-likeness (QED) is 0.232. The highest BCUT2D eigenvalue weighted by Gasteiger charge is 2.41. The van der Waals surface area contributed by atoms with E-state index in [1.54, 1.807) is 0 Å². The van der Waals surface area contributed by atoms with Gasteiger partial charge in [-0.2, -0.15) is 0 Å². The van der Waals surface area contributed by atoms with Crippen LogP contribution in [0.5, 0.6) is 5.75 Å². The number of fused-ring (bicyclic) bond motifs is 6. The van der Waals surface area contributed by atoms with E-state index in [1.807, 2.05) is 0 Å². The van der Waals surface area contributed by atoms with E-state index < -0.39 is 0 Å². The Balaban J connectivity index is 1.43. The number of hydrogen-bond donors (Lipinski definition) is 0. The van der Waals surface area contributed by atoms with Gasteiger partial charge in [0.05, 0.1) is 5.41 Å². The molecule has 1 atom stereocenters. The molecule has 8 rings (SSSR count). The molecule has 0 saturated heterocycles. The normalized spacial score (nSPS) is 19.0. The van der Waals surface area contributed by atoms with E-state index in [1.165, 1.54) is 60.5 Å². The van der Waals surface area contributed by atoms with E-state index in [-0.39, 0.29) is 5.41 Å². The summed E-state index contributed by atoms with van der Waals surface area (Å²) in [6.07, 6.45) is 13.2. The van der Waals surface area contributed by atoms with Gasteiger partial charge in [-0.25, -0.2) is 0 Å². The van der Waals surface area contributed by atoms with Gasteiger partial charge < -0.3 is 4.74 Å². The van der Waals surface area contributed by atoms with Gasteiger partial charge in [0.25, 0.3) is 0 Å². The maximum Gasteiger partial charge on any atom is 0.131 e. The van der Waals surface area contributed by atoms with Gasteiger partial charge in [0.15, 0.2) is 0 Å². The topological polar surface area (TPSA) is 9.23 Å². The Morgan fingerprint density at radius 3 is 2.08 bits per heavy atom. The van der Waals surface area contributed by atoms with Crippen LogP contribution in [-0.4, -0.2) is 0 Å². The predicted molar refractivity (Wildman–Crippen MR) is 155 cm³/mol. The third-order valence-electron chi connectivity index (χ3n) is 8.48. The number of ether oxygens (including phenoxy) is 1. The SMILES string of the molecule is CC12C=CC=C1Oc1ccc(-c3c4ccccc4c(-c4ccc5c(c4)CCC=C5)c4ccccc34)cc12. The second-order valence-corrected chi connectivity index (χ2v) is 10.6. The van der Waals surface area contributed by atoms with Gasteiger partial charge in [-0.3, -0.25) is 0 Å². The molecule has 1 nitrogen and oxygen atoms in total. The molecule has 5 aromatic carbocycles. The molecular formula is C36H26O. The lowest BCUT2D eigenvalue weighted by Gasteiger charge is -2.20. The van der Waals surface area contributed by atoms with Crippen LogP contribution in [0.3, 0.4) is 0 Å². The Bertz CT molecular complexity index is 1810. The molecule has 176 valence electrons. The summed E-state index contributed by atoms with van der Waals surface area (Å²) in [7, 11) is 0. The third kappa shape index (κ3) is 2.92. The number of rotatable bonds is 2. The third-order valence-corrected chi connectivity index (χ3v) is 8.48. The second kappa shape index (κ2) is 7.57. The summed E-state index contributed by atoms with van der Waals surface area (Å²) in [4.78, 5) is 0. The number of aryl methyl sites for hydroxylation is 1. The minimum atomic E-state index is -0.186. The molecule has 0 aromatic heterocycles. The van der Waals surface area contributed by atoms with Crippen LogP contribution in [0.1, 0.15) is 30.0 Å². The van der Waals surface area contributed by atoms with E-state index in [4.69, 9.17) is 4.74 Å². The van der Waals surface area contributed by atoms with Crippen LogP contribution in [0, 0.1) is 0 Å². The molecule has 0 amide bonds. The van der Waals surface area contributed by atoms with Crippen molar-refractivity contribution < 1.29 is 4.74 Å². The van der Waals surface area contributed by atoms with Gasteiger partial charge in [0.2, 0.25) is 0 Å². The van der Waals surface area contributed by atoms with Gasteiger partial charge in [0, 0.05) is 5.56 Å². The molecule has 0 bridgehead atoms. The van der Waals surface area contributed by atoms with Crippen LogP contribution in [0.25, 0.3) is 49.9 Å². The lowest BCUT2D eigenvalue weighted by Crippen LogP contribution is -2.15. The second-order valence-electron chi connectivity index (χ2n) is 10.6. The van der Waals surface area contributed by atoms with Gasteiger partial charge in [-0.05, 0) is 92.9 Å². The van der Waals surface area contributed by atoms with Gasteiger partial charge in [0.1, 0.15) is 11.5 Å². The molecule has 1 aliphatic heterocycles. The number of hydrogen-bond acceptors (Lipinski definition) is 1. The van der Waals surface area contributed by atoms with Crippen LogP contribution in [0.4, 0.5) is 0 Å². The molecule has 37 heavy (non-hydrogen) atoms. The fraction of sp³-hybridized carbons (Fsp3) is 0.111. The van der Waals surface area contributed by atoms with E-state index in [9.17, 15) is 0 Å². The molecule has 1 heterocycles. The van der Waals surface area contributed by atoms with E-state index >= 15 is 0 Å². The molecule has 0 radical (unpaired) electrons. The molecule has 0 saturated carbocycles. The Morgan fingerprint density at radius 1 is 0.730 bits per heavy atom. The fourth-order valence-corrected chi connectivity index (χ4v) is 6.58. The van der Waals surface area contributed by atoms with Crippen molar-refractivity contribution in [3.05, 3.63) is 132 Å². The van der Waals surface area contributed by atoms with Crippen molar-refractivity contribution in [2.24, 2.45) is 0 Å². The Labute approximate surface area is 217 Å². The minimum absolute atomic E-state index is 0.186. The first-order chi connectivity index (χ1) is 18.2. The average molecular weight is 475 g/mol. The molecular weight excluding hydrogens is 448 g/mol. The highest BCUT2D eigenvalue weighted by molar-refractivity contribution is 6.21. The van der Waals surface area contributed by atoms with E-state index in [0.717, 1.165) is 24.4 Å². The minimum Gasteiger partial charge on any atom is -0.460 e.